The maximum absolute atomic E-state index is 12.7. The van der Waals surface area contributed by atoms with Crippen molar-refractivity contribution in [2.45, 2.75) is 30.9 Å². The summed E-state index contributed by atoms with van der Waals surface area (Å²) in [7, 11) is 2.01. The Hall–Kier alpha value is -1.90. The number of hydrogen-bond acceptors (Lipinski definition) is 7. The van der Waals surface area contributed by atoms with E-state index in [4.69, 9.17) is 0 Å². The maximum Gasteiger partial charge on any atom is 0.227 e. The molecule has 8 nitrogen and oxygen atoms in total. The zero-order chi connectivity index (χ0) is 19.3. The van der Waals surface area contributed by atoms with Gasteiger partial charge in [-0.05, 0) is 12.3 Å². The van der Waals surface area contributed by atoms with Gasteiger partial charge in [0.1, 0.15) is 10.6 Å². The monoisotopic (exact) mass is 381 g/mol. The van der Waals surface area contributed by atoms with Crippen LogP contribution in [0.4, 0.5) is 11.8 Å². The third-order valence-corrected chi connectivity index (χ3v) is 8.00. The Morgan fingerprint density at radius 3 is 2.54 bits per heavy atom. The summed E-state index contributed by atoms with van der Waals surface area (Å²) in [5.74, 6) is 0.946. The van der Waals surface area contributed by atoms with Crippen LogP contribution in [-0.2, 0) is 14.6 Å². The van der Waals surface area contributed by atoms with E-state index >= 15 is 0 Å². The van der Waals surface area contributed by atoms with Gasteiger partial charge >= 0.3 is 0 Å². The van der Waals surface area contributed by atoms with Gasteiger partial charge in [-0.3, -0.25) is 4.79 Å². The van der Waals surface area contributed by atoms with E-state index < -0.39 is 20.5 Å². The Balaban J connectivity index is 1.92. The van der Waals surface area contributed by atoms with Crippen LogP contribution in [0, 0.1) is 5.92 Å². The van der Waals surface area contributed by atoms with Gasteiger partial charge in [0.25, 0.3) is 0 Å². The molecule has 0 aliphatic carbocycles. The molecule has 1 unspecified atom stereocenters. The van der Waals surface area contributed by atoms with E-state index in [1.165, 1.54) is 0 Å². The summed E-state index contributed by atoms with van der Waals surface area (Å²) in [6.07, 6.45) is 0.389. The first-order chi connectivity index (χ1) is 12.1. The number of sulfone groups is 1. The summed E-state index contributed by atoms with van der Waals surface area (Å²) in [6.45, 7) is 4.72. The van der Waals surface area contributed by atoms with Crippen molar-refractivity contribution in [3.05, 3.63) is 11.8 Å². The average molecular weight is 382 g/mol. The molecule has 0 aromatic carbocycles. The highest BCUT2D eigenvalue weighted by molar-refractivity contribution is 7.93. The van der Waals surface area contributed by atoms with Crippen LogP contribution in [0.5, 0.6) is 0 Å². The van der Waals surface area contributed by atoms with Crippen molar-refractivity contribution < 1.29 is 13.2 Å². The van der Waals surface area contributed by atoms with Gasteiger partial charge in [0.05, 0.1) is 17.4 Å². The number of hydrogen-bond donors (Lipinski definition) is 1. The van der Waals surface area contributed by atoms with Crippen molar-refractivity contribution in [3.63, 3.8) is 0 Å². The molecule has 1 atom stereocenters. The fourth-order valence-electron chi connectivity index (χ4n) is 3.78. The standard InChI is InChI=1S/C17H27N5O3S/c1-11(2)13-8-14(20-16(19-13)21(4)5)22-9-17(10-22)12(15(23)18-3)6-7-26(17,24)25/h8,11-12H,6-7,9-10H2,1-5H3,(H,18,23). The van der Waals surface area contributed by atoms with Gasteiger partial charge in [-0.1, -0.05) is 13.8 Å². The predicted molar refractivity (Wildman–Crippen MR) is 101 cm³/mol. The summed E-state index contributed by atoms with van der Waals surface area (Å²) in [6, 6.07) is 1.92. The van der Waals surface area contributed by atoms with E-state index in [0.29, 0.717) is 25.5 Å². The molecule has 2 fully saturated rings. The topological polar surface area (TPSA) is 95.5 Å². The average Bonchev–Trinajstić information content (AvgIpc) is 2.83. The second-order valence-electron chi connectivity index (χ2n) is 7.70. The van der Waals surface area contributed by atoms with Crippen LogP contribution in [0.2, 0.25) is 0 Å². The molecule has 1 aromatic heterocycles. The van der Waals surface area contributed by atoms with E-state index in [2.05, 4.69) is 29.1 Å². The molecular formula is C17H27N5O3S. The Morgan fingerprint density at radius 1 is 1.35 bits per heavy atom. The summed E-state index contributed by atoms with van der Waals surface area (Å²) in [4.78, 5) is 25.1. The Bertz CT molecular complexity index is 789. The van der Waals surface area contributed by atoms with Gasteiger partial charge in [0.2, 0.25) is 11.9 Å². The molecule has 1 N–H and O–H groups in total. The van der Waals surface area contributed by atoms with Crippen LogP contribution < -0.4 is 15.1 Å². The minimum absolute atomic E-state index is 0.0723. The summed E-state index contributed by atoms with van der Waals surface area (Å²) in [5, 5.41) is 2.62. The molecule has 0 saturated carbocycles. The number of nitrogens with one attached hydrogen (secondary N) is 1. The number of amides is 1. The molecule has 2 saturated heterocycles. The fraction of sp³-hybridized carbons (Fsp3) is 0.706. The smallest absolute Gasteiger partial charge is 0.227 e. The zero-order valence-corrected chi connectivity index (χ0v) is 16.8. The Kier molecular flexibility index (Phi) is 4.62. The van der Waals surface area contributed by atoms with Crippen molar-refractivity contribution in [3.8, 4) is 0 Å². The first kappa shape index (κ1) is 18.9. The summed E-state index contributed by atoms with van der Waals surface area (Å²) < 4.78 is 24.4. The fourth-order valence-corrected chi connectivity index (χ4v) is 6.09. The molecule has 26 heavy (non-hydrogen) atoms. The van der Waals surface area contributed by atoms with E-state index in [0.717, 1.165) is 11.5 Å². The normalized spacial score (nSPS) is 23.2. The molecule has 3 rings (SSSR count). The molecule has 144 valence electrons. The first-order valence-corrected chi connectivity index (χ1v) is 10.5. The van der Waals surface area contributed by atoms with Gasteiger partial charge in [0, 0.05) is 40.3 Å². The van der Waals surface area contributed by atoms with Crippen molar-refractivity contribution in [1.29, 1.82) is 0 Å². The van der Waals surface area contributed by atoms with Crippen molar-refractivity contribution in [1.82, 2.24) is 15.3 Å². The number of carbonyl (C=O) groups excluding carboxylic acids is 1. The Morgan fingerprint density at radius 2 is 2.00 bits per heavy atom. The summed E-state index contributed by atoms with van der Waals surface area (Å²) in [5.41, 5.74) is 0.914. The number of nitrogens with zero attached hydrogens (tertiary/aromatic N) is 4. The molecule has 0 bridgehead atoms. The summed E-state index contributed by atoms with van der Waals surface area (Å²) >= 11 is 0. The molecule has 1 spiro atoms. The quantitative estimate of drug-likeness (QED) is 0.807. The number of aromatic nitrogens is 2. The second kappa shape index (κ2) is 6.37. The molecular weight excluding hydrogens is 354 g/mol. The Labute approximate surface area is 154 Å². The lowest BCUT2D eigenvalue weighted by Gasteiger charge is -2.50. The molecule has 2 aliphatic rings. The molecule has 1 aromatic rings. The molecule has 3 heterocycles. The number of carbonyl (C=O) groups is 1. The highest BCUT2D eigenvalue weighted by Crippen LogP contribution is 2.46. The van der Waals surface area contributed by atoms with E-state index in [1.807, 2.05) is 30.0 Å². The van der Waals surface area contributed by atoms with E-state index in [9.17, 15) is 13.2 Å². The third-order valence-electron chi connectivity index (χ3n) is 5.45. The van der Waals surface area contributed by atoms with Crippen LogP contribution >= 0.6 is 0 Å². The van der Waals surface area contributed by atoms with E-state index in [1.54, 1.807) is 7.05 Å². The maximum atomic E-state index is 12.7. The van der Waals surface area contributed by atoms with Crippen molar-refractivity contribution in [2.24, 2.45) is 5.92 Å². The lowest BCUT2D eigenvalue weighted by atomic mass is 9.82. The molecule has 1 amide bonds. The molecule has 9 heteroatoms. The van der Waals surface area contributed by atoms with Crippen molar-refractivity contribution in [2.75, 3.05) is 49.8 Å². The van der Waals surface area contributed by atoms with Gasteiger partial charge in [-0.2, -0.15) is 4.98 Å². The molecule has 0 radical (unpaired) electrons. The SMILES string of the molecule is CNC(=O)C1CCS(=O)(=O)C12CN(c1cc(C(C)C)nc(N(C)C)n1)C2. The minimum atomic E-state index is -3.30. The lowest BCUT2D eigenvalue weighted by molar-refractivity contribution is -0.125. The van der Waals surface area contributed by atoms with Crippen LogP contribution in [0.15, 0.2) is 6.07 Å². The van der Waals surface area contributed by atoms with Crippen molar-refractivity contribution >= 4 is 27.5 Å². The van der Waals surface area contributed by atoms with Gasteiger partial charge < -0.3 is 15.1 Å². The minimum Gasteiger partial charge on any atom is -0.359 e. The van der Waals surface area contributed by atoms with Gasteiger partial charge in [-0.25, -0.2) is 13.4 Å². The largest absolute Gasteiger partial charge is 0.359 e. The highest BCUT2D eigenvalue weighted by Gasteiger charge is 2.64. The lowest BCUT2D eigenvalue weighted by Crippen LogP contribution is -2.69. The predicted octanol–water partition coefficient (Wildman–Crippen LogP) is 0.406. The van der Waals surface area contributed by atoms with Crippen LogP contribution in [0.3, 0.4) is 0 Å². The number of rotatable bonds is 4. The first-order valence-electron chi connectivity index (χ1n) is 8.86. The van der Waals surface area contributed by atoms with E-state index in [-0.39, 0.29) is 17.6 Å². The zero-order valence-electron chi connectivity index (χ0n) is 16.0. The highest BCUT2D eigenvalue weighted by atomic mass is 32.2. The van der Waals surface area contributed by atoms with Gasteiger partial charge in [-0.15, -0.1) is 0 Å². The third kappa shape index (κ3) is 2.82. The van der Waals surface area contributed by atoms with Crippen LogP contribution in [-0.4, -0.2) is 69.0 Å². The molecule has 2 aliphatic heterocycles. The second-order valence-corrected chi connectivity index (χ2v) is 10.1. The van der Waals surface area contributed by atoms with Gasteiger partial charge in [0.15, 0.2) is 9.84 Å². The van der Waals surface area contributed by atoms with Crippen LogP contribution in [0.1, 0.15) is 31.9 Å². The number of anilines is 2. The van der Waals surface area contributed by atoms with Crippen LogP contribution in [0.25, 0.3) is 0 Å².